The third-order valence-corrected chi connectivity index (χ3v) is 3.67. The highest BCUT2D eigenvalue weighted by atomic mass is 16.5. The van der Waals surface area contributed by atoms with Gasteiger partial charge in [-0.05, 0) is 23.3 Å². The van der Waals surface area contributed by atoms with Gasteiger partial charge >= 0.3 is 0 Å². The molecule has 0 bridgehead atoms. The van der Waals surface area contributed by atoms with E-state index in [0.29, 0.717) is 0 Å². The number of pyridine rings is 1. The van der Waals surface area contributed by atoms with Crippen LogP contribution in [0.5, 0.6) is 0 Å². The first-order chi connectivity index (χ1) is 10.3. The van der Waals surface area contributed by atoms with Gasteiger partial charge in [-0.3, -0.25) is 4.98 Å². The number of nitrogens with zero attached hydrogens (tertiary/aromatic N) is 1. The van der Waals surface area contributed by atoms with Crippen LogP contribution in [0.25, 0.3) is 10.9 Å². The Kier molecular flexibility index (Phi) is 3.95. The first kappa shape index (κ1) is 13.7. The largest absolute Gasteiger partial charge is 0.385 e. The lowest BCUT2D eigenvalue weighted by atomic mass is 9.95. The number of rotatable bonds is 4. The van der Waals surface area contributed by atoms with Crippen LogP contribution >= 0.6 is 0 Å². The molecule has 1 N–H and O–H groups in total. The standard InChI is InChI=1S/C18H17NO2/c1-21-18(13-7-3-2-4-8-13)17(20)15-9-5-11-16-14(15)10-6-12-19-16/h2-12,17-18,20H,1H3. The lowest BCUT2D eigenvalue weighted by Crippen LogP contribution is -2.13. The van der Waals surface area contributed by atoms with Crippen molar-refractivity contribution in [1.82, 2.24) is 4.98 Å². The maximum atomic E-state index is 10.8. The van der Waals surface area contributed by atoms with Crippen molar-refractivity contribution >= 4 is 10.9 Å². The highest BCUT2D eigenvalue weighted by Gasteiger charge is 2.23. The Morgan fingerprint density at radius 2 is 1.76 bits per heavy atom. The van der Waals surface area contributed by atoms with E-state index in [1.807, 2.05) is 60.7 Å². The summed E-state index contributed by atoms with van der Waals surface area (Å²) in [5.74, 6) is 0. The molecule has 2 atom stereocenters. The van der Waals surface area contributed by atoms with Crippen molar-refractivity contribution in [1.29, 1.82) is 0 Å². The molecule has 0 fully saturated rings. The molecule has 106 valence electrons. The van der Waals surface area contributed by atoms with Gasteiger partial charge in [0, 0.05) is 18.7 Å². The fourth-order valence-electron chi connectivity index (χ4n) is 2.64. The lowest BCUT2D eigenvalue weighted by molar-refractivity contribution is -0.0142. The van der Waals surface area contributed by atoms with Gasteiger partial charge < -0.3 is 9.84 Å². The fraction of sp³-hybridized carbons (Fsp3) is 0.167. The number of aliphatic hydroxyl groups excluding tert-OH is 1. The fourth-order valence-corrected chi connectivity index (χ4v) is 2.64. The molecule has 0 spiro atoms. The Labute approximate surface area is 123 Å². The van der Waals surface area contributed by atoms with E-state index in [1.54, 1.807) is 13.3 Å². The zero-order valence-electron chi connectivity index (χ0n) is 11.8. The monoisotopic (exact) mass is 279 g/mol. The van der Waals surface area contributed by atoms with Crippen LogP contribution in [0.15, 0.2) is 66.9 Å². The van der Waals surface area contributed by atoms with Gasteiger partial charge in [-0.2, -0.15) is 0 Å². The van der Waals surface area contributed by atoms with Crippen LogP contribution in [0.3, 0.4) is 0 Å². The first-order valence-corrected chi connectivity index (χ1v) is 6.90. The number of aliphatic hydroxyl groups is 1. The van der Waals surface area contributed by atoms with Gasteiger partial charge in [0.05, 0.1) is 5.52 Å². The average Bonchev–Trinajstić information content (AvgIpc) is 2.56. The normalized spacial score (nSPS) is 14.0. The molecule has 3 rings (SSSR count). The number of fused-ring (bicyclic) bond motifs is 1. The molecule has 3 heteroatoms. The molecule has 2 aromatic carbocycles. The summed E-state index contributed by atoms with van der Waals surface area (Å²) in [5.41, 5.74) is 2.65. The highest BCUT2D eigenvalue weighted by Crippen LogP contribution is 2.34. The summed E-state index contributed by atoms with van der Waals surface area (Å²) in [6, 6.07) is 19.4. The minimum Gasteiger partial charge on any atom is -0.385 e. The second-order valence-electron chi connectivity index (χ2n) is 4.93. The quantitative estimate of drug-likeness (QED) is 0.792. The Morgan fingerprint density at radius 1 is 0.952 bits per heavy atom. The molecule has 0 aliphatic heterocycles. The lowest BCUT2D eigenvalue weighted by Gasteiger charge is -2.23. The minimum absolute atomic E-state index is 0.406. The van der Waals surface area contributed by atoms with E-state index in [4.69, 9.17) is 4.74 Å². The Morgan fingerprint density at radius 3 is 2.52 bits per heavy atom. The molecule has 3 nitrogen and oxygen atoms in total. The molecular weight excluding hydrogens is 262 g/mol. The Balaban J connectivity index is 2.05. The SMILES string of the molecule is COC(c1ccccc1)C(O)c1cccc2ncccc12. The van der Waals surface area contributed by atoms with Crippen LogP contribution in [0.4, 0.5) is 0 Å². The van der Waals surface area contributed by atoms with Crippen molar-refractivity contribution in [3.8, 4) is 0 Å². The summed E-state index contributed by atoms with van der Waals surface area (Å²) < 4.78 is 5.53. The Bertz CT molecular complexity index is 722. The van der Waals surface area contributed by atoms with Crippen LogP contribution < -0.4 is 0 Å². The average molecular weight is 279 g/mol. The van der Waals surface area contributed by atoms with Crippen LogP contribution in [0.2, 0.25) is 0 Å². The topological polar surface area (TPSA) is 42.4 Å². The predicted molar refractivity (Wildman–Crippen MR) is 82.9 cm³/mol. The molecule has 0 radical (unpaired) electrons. The van der Waals surface area contributed by atoms with Crippen molar-refractivity contribution in [2.24, 2.45) is 0 Å². The maximum absolute atomic E-state index is 10.8. The van der Waals surface area contributed by atoms with Gasteiger partial charge in [-0.25, -0.2) is 0 Å². The van der Waals surface area contributed by atoms with Gasteiger partial charge in [0.1, 0.15) is 12.2 Å². The number of hydrogen-bond acceptors (Lipinski definition) is 3. The van der Waals surface area contributed by atoms with Crippen LogP contribution in [0.1, 0.15) is 23.3 Å². The summed E-state index contributed by atoms with van der Waals surface area (Å²) in [6.45, 7) is 0. The van der Waals surface area contributed by atoms with Crippen molar-refractivity contribution in [2.45, 2.75) is 12.2 Å². The maximum Gasteiger partial charge on any atom is 0.112 e. The summed E-state index contributed by atoms with van der Waals surface area (Å²) in [7, 11) is 1.62. The molecule has 0 aliphatic carbocycles. The second-order valence-corrected chi connectivity index (χ2v) is 4.93. The summed E-state index contributed by atoms with van der Waals surface area (Å²) >= 11 is 0. The number of aromatic nitrogens is 1. The van der Waals surface area contributed by atoms with E-state index >= 15 is 0 Å². The molecule has 21 heavy (non-hydrogen) atoms. The van der Waals surface area contributed by atoms with Gasteiger partial charge in [-0.1, -0.05) is 48.5 Å². The third kappa shape index (κ3) is 2.66. The van der Waals surface area contributed by atoms with Crippen LogP contribution in [-0.2, 0) is 4.74 Å². The van der Waals surface area contributed by atoms with Crippen LogP contribution in [-0.4, -0.2) is 17.2 Å². The zero-order chi connectivity index (χ0) is 14.7. The van der Waals surface area contributed by atoms with E-state index in [9.17, 15) is 5.11 Å². The van der Waals surface area contributed by atoms with E-state index in [-0.39, 0.29) is 0 Å². The van der Waals surface area contributed by atoms with E-state index in [2.05, 4.69) is 4.98 Å². The second kappa shape index (κ2) is 6.04. The van der Waals surface area contributed by atoms with Gasteiger partial charge in [0.15, 0.2) is 0 Å². The highest BCUT2D eigenvalue weighted by molar-refractivity contribution is 5.82. The Hall–Kier alpha value is -2.23. The third-order valence-electron chi connectivity index (χ3n) is 3.67. The number of hydrogen-bond donors (Lipinski definition) is 1. The molecule has 1 heterocycles. The zero-order valence-corrected chi connectivity index (χ0v) is 11.8. The molecule has 3 aromatic rings. The molecule has 2 unspecified atom stereocenters. The number of benzene rings is 2. The molecule has 0 amide bonds. The van der Waals surface area contributed by atoms with Crippen molar-refractivity contribution < 1.29 is 9.84 Å². The molecule has 0 saturated heterocycles. The van der Waals surface area contributed by atoms with Crippen molar-refractivity contribution in [3.05, 3.63) is 78.0 Å². The van der Waals surface area contributed by atoms with E-state index in [1.165, 1.54) is 0 Å². The number of ether oxygens (including phenoxy) is 1. The summed E-state index contributed by atoms with van der Waals surface area (Å²) in [5, 5.41) is 11.7. The molecular formula is C18H17NO2. The van der Waals surface area contributed by atoms with E-state index in [0.717, 1.165) is 22.0 Å². The first-order valence-electron chi connectivity index (χ1n) is 6.90. The van der Waals surface area contributed by atoms with Gasteiger partial charge in [-0.15, -0.1) is 0 Å². The van der Waals surface area contributed by atoms with Crippen molar-refractivity contribution in [2.75, 3.05) is 7.11 Å². The molecule has 1 aromatic heterocycles. The van der Waals surface area contributed by atoms with Crippen molar-refractivity contribution in [3.63, 3.8) is 0 Å². The molecule has 0 saturated carbocycles. The molecule has 0 aliphatic rings. The minimum atomic E-state index is -0.745. The van der Waals surface area contributed by atoms with Crippen LogP contribution in [0, 0.1) is 0 Å². The predicted octanol–water partition coefficient (Wildman–Crippen LogP) is 3.66. The van der Waals surface area contributed by atoms with Gasteiger partial charge in [0.25, 0.3) is 0 Å². The number of methoxy groups -OCH3 is 1. The van der Waals surface area contributed by atoms with Gasteiger partial charge in [0.2, 0.25) is 0 Å². The smallest absolute Gasteiger partial charge is 0.112 e. The van der Waals surface area contributed by atoms with E-state index < -0.39 is 12.2 Å². The summed E-state index contributed by atoms with van der Waals surface area (Å²) in [6.07, 6.45) is 0.603. The summed E-state index contributed by atoms with van der Waals surface area (Å²) in [4.78, 5) is 4.33.